The van der Waals surface area contributed by atoms with Crippen molar-refractivity contribution in [2.75, 3.05) is 6.54 Å². The SMILES string of the molecule is NC(=O)CCN(Cc1ccccc1)C(=O)CCCCC(=O)O. The van der Waals surface area contributed by atoms with Crippen molar-refractivity contribution in [3.8, 4) is 0 Å². The lowest BCUT2D eigenvalue weighted by atomic mass is 10.1. The molecule has 0 aliphatic carbocycles. The van der Waals surface area contributed by atoms with Crippen LogP contribution >= 0.6 is 0 Å². The van der Waals surface area contributed by atoms with Gasteiger partial charge in [-0.1, -0.05) is 30.3 Å². The van der Waals surface area contributed by atoms with Gasteiger partial charge in [0.2, 0.25) is 11.8 Å². The number of aliphatic carboxylic acids is 1. The van der Waals surface area contributed by atoms with E-state index in [2.05, 4.69) is 0 Å². The fourth-order valence-corrected chi connectivity index (χ4v) is 2.05. The number of amides is 2. The van der Waals surface area contributed by atoms with Crippen LogP contribution in [0.15, 0.2) is 30.3 Å². The van der Waals surface area contributed by atoms with Gasteiger partial charge in [0.05, 0.1) is 0 Å². The average molecular weight is 306 g/mol. The second-order valence-corrected chi connectivity index (χ2v) is 5.12. The molecule has 0 fully saturated rings. The molecule has 1 aromatic carbocycles. The van der Waals surface area contributed by atoms with Gasteiger partial charge in [-0.3, -0.25) is 14.4 Å². The van der Waals surface area contributed by atoms with Crippen molar-refractivity contribution in [1.82, 2.24) is 4.90 Å². The maximum atomic E-state index is 12.2. The first kappa shape index (κ1) is 17.7. The van der Waals surface area contributed by atoms with Crippen LogP contribution in [-0.2, 0) is 20.9 Å². The number of carbonyl (C=O) groups is 3. The minimum atomic E-state index is -0.859. The molecule has 22 heavy (non-hydrogen) atoms. The Morgan fingerprint density at radius 1 is 1.00 bits per heavy atom. The summed E-state index contributed by atoms with van der Waals surface area (Å²) in [6.07, 6.45) is 1.45. The molecule has 120 valence electrons. The maximum absolute atomic E-state index is 12.2. The van der Waals surface area contributed by atoms with Crippen LogP contribution in [0, 0.1) is 0 Å². The summed E-state index contributed by atoms with van der Waals surface area (Å²) in [6.45, 7) is 0.702. The highest BCUT2D eigenvalue weighted by molar-refractivity contribution is 5.78. The van der Waals surface area contributed by atoms with Crippen molar-refractivity contribution < 1.29 is 19.5 Å². The van der Waals surface area contributed by atoms with Gasteiger partial charge < -0.3 is 15.7 Å². The summed E-state index contributed by atoms with van der Waals surface area (Å²) in [5.41, 5.74) is 6.12. The van der Waals surface area contributed by atoms with Gasteiger partial charge in [-0.25, -0.2) is 0 Å². The van der Waals surface area contributed by atoms with Gasteiger partial charge in [0.1, 0.15) is 0 Å². The number of hydrogen-bond acceptors (Lipinski definition) is 3. The van der Waals surface area contributed by atoms with Crippen molar-refractivity contribution >= 4 is 17.8 Å². The maximum Gasteiger partial charge on any atom is 0.303 e. The number of carbonyl (C=O) groups excluding carboxylic acids is 2. The normalized spacial score (nSPS) is 10.2. The standard InChI is InChI=1S/C16H22N2O4/c17-14(19)10-11-18(12-13-6-2-1-3-7-13)15(20)8-4-5-9-16(21)22/h1-3,6-7H,4-5,8-12H2,(H2,17,19)(H,21,22). The van der Waals surface area contributed by atoms with Crippen LogP contribution in [0.5, 0.6) is 0 Å². The second kappa shape index (κ2) is 9.55. The summed E-state index contributed by atoms with van der Waals surface area (Å²) in [4.78, 5) is 35.2. The molecular formula is C16H22N2O4. The van der Waals surface area contributed by atoms with Gasteiger partial charge in [0.15, 0.2) is 0 Å². The lowest BCUT2D eigenvalue weighted by Gasteiger charge is -2.22. The van der Waals surface area contributed by atoms with Crippen LogP contribution in [0.3, 0.4) is 0 Å². The lowest BCUT2D eigenvalue weighted by Crippen LogP contribution is -2.33. The summed E-state index contributed by atoms with van der Waals surface area (Å²) in [5.74, 6) is -1.39. The highest BCUT2D eigenvalue weighted by atomic mass is 16.4. The predicted octanol–water partition coefficient (Wildman–Crippen LogP) is 1.54. The summed E-state index contributed by atoms with van der Waals surface area (Å²) in [6, 6.07) is 9.49. The number of primary amides is 1. The summed E-state index contributed by atoms with van der Waals surface area (Å²) in [5, 5.41) is 8.58. The number of hydrogen-bond donors (Lipinski definition) is 2. The molecule has 0 saturated carbocycles. The number of benzene rings is 1. The summed E-state index contributed by atoms with van der Waals surface area (Å²) in [7, 11) is 0. The first-order valence-corrected chi connectivity index (χ1v) is 7.31. The summed E-state index contributed by atoms with van der Waals surface area (Å²) >= 11 is 0. The van der Waals surface area contributed by atoms with Crippen LogP contribution in [-0.4, -0.2) is 34.3 Å². The van der Waals surface area contributed by atoms with E-state index in [0.29, 0.717) is 19.4 Å². The van der Waals surface area contributed by atoms with Gasteiger partial charge in [0, 0.05) is 32.4 Å². The fourth-order valence-electron chi connectivity index (χ4n) is 2.05. The molecule has 6 heteroatoms. The van der Waals surface area contributed by atoms with Crippen LogP contribution < -0.4 is 5.73 Å². The second-order valence-electron chi connectivity index (χ2n) is 5.12. The van der Waals surface area contributed by atoms with Crippen LogP contribution in [0.25, 0.3) is 0 Å². The molecule has 1 aromatic rings. The molecule has 0 spiro atoms. The molecule has 0 aliphatic rings. The molecule has 0 aromatic heterocycles. The van der Waals surface area contributed by atoms with E-state index in [-0.39, 0.29) is 31.7 Å². The van der Waals surface area contributed by atoms with Crippen LogP contribution in [0.4, 0.5) is 0 Å². The zero-order valence-corrected chi connectivity index (χ0v) is 12.5. The zero-order chi connectivity index (χ0) is 16.4. The molecule has 1 rings (SSSR count). The fraction of sp³-hybridized carbons (Fsp3) is 0.438. The Balaban J connectivity index is 2.54. The Kier molecular flexibility index (Phi) is 7.67. The Labute approximate surface area is 129 Å². The Morgan fingerprint density at radius 2 is 1.64 bits per heavy atom. The number of nitrogens with two attached hydrogens (primary N) is 1. The highest BCUT2D eigenvalue weighted by Gasteiger charge is 2.14. The van der Waals surface area contributed by atoms with E-state index < -0.39 is 11.9 Å². The molecule has 0 radical (unpaired) electrons. The van der Waals surface area contributed by atoms with Crippen LogP contribution in [0.1, 0.15) is 37.7 Å². The third-order valence-electron chi connectivity index (χ3n) is 3.23. The third kappa shape index (κ3) is 7.42. The molecular weight excluding hydrogens is 284 g/mol. The van der Waals surface area contributed by atoms with Gasteiger partial charge in [0.25, 0.3) is 0 Å². The van der Waals surface area contributed by atoms with E-state index in [1.807, 2.05) is 30.3 Å². The molecule has 0 atom stereocenters. The van der Waals surface area contributed by atoms with E-state index in [1.54, 1.807) is 4.90 Å². The van der Waals surface area contributed by atoms with Gasteiger partial charge in [-0.2, -0.15) is 0 Å². The molecule has 0 saturated heterocycles. The highest BCUT2D eigenvalue weighted by Crippen LogP contribution is 2.09. The van der Waals surface area contributed by atoms with Crippen LogP contribution in [0.2, 0.25) is 0 Å². The largest absolute Gasteiger partial charge is 0.481 e. The topological polar surface area (TPSA) is 101 Å². The van der Waals surface area contributed by atoms with E-state index in [9.17, 15) is 14.4 Å². The smallest absolute Gasteiger partial charge is 0.303 e. The number of carboxylic acids is 1. The van der Waals surface area contributed by atoms with Crippen molar-refractivity contribution in [1.29, 1.82) is 0 Å². The van der Waals surface area contributed by atoms with E-state index >= 15 is 0 Å². The molecule has 0 unspecified atom stereocenters. The van der Waals surface area contributed by atoms with Crippen molar-refractivity contribution in [2.45, 2.75) is 38.6 Å². The first-order chi connectivity index (χ1) is 10.5. The quantitative estimate of drug-likeness (QED) is 0.640. The first-order valence-electron chi connectivity index (χ1n) is 7.31. The Bertz CT molecular complexity index is 502. The van der Waals surface area contributed by atoms with Gasteiger partial charge >= 0.3 is 5.97 Å². The molecule has 2 amide bonds. The van der Waals surface area contributed by atoms with Crippen molar-refractivity contribution in [3.05, 3.63) is 35.9 Å². The zero-order valence-electron chi connectivity index (χ0n) is 12.5. The Hall–Kier alpha value is -2.37. The number of rotatable bonds is 10. The van der Waals surface area contributed by atoms with E-state index in [0.717, 1.165) is 5.56 Å². The van der Waals surface area contributed by atoms with E-state index in [4.69, 9.17) is 10.8 Å². The molecule has 0 aliphatic heterocycles. The van der Waals surface area contributed by atoms with Crippen molar-refractivity contribution in [3.63, 3.8) is 0 Å². The minimum absolute atomic E-state index is 0.0627. The molecule has 0 bridgehead atoms. The number of nitrogens with zero attached hydrogens (tertiary/aromatic N) is 1. The van der Waals surface area contributed by atoms with Gasteiger partial charge in [-0.15, -0.1) is 0 Å². The van der Waals surface area contributed by atoms with Gasteiger partial charge in [-0.05, 0) is 18.4 Å². The summed E-state index contributed by atoms with van der Waals surface area (Å²) < 4.78 is 0. The molecule has 0 heterocycles. The number of carboxylic acid groups (broad SMARTS) is 1. The minimum Gasteiger partial charge on any atom is -0.481 e. The average Bonchev–Trinajstić information content (AvgIpc) is 2.48. The van der Waals surface area contributed by atoms with Crippen molar-refractivity contribution in [2.24, 2.45) is 5.73 Å². The van der Waals surface area contributed by atoms with E-state index in [1.165, 1.54) is 0 Å². The molecule has 3 N–H and O–H groups in total. The molecule has 6 nitrogen and oxygen atoms in total. The predicted molar refractivity (Wildman–Crippen MR) is 81.8 cm³/mol. The Morgan fingerprint density at radius 3 is 2.23 bits per heavy atom. The lowest BCUT2D eigenvalue weighted by molar-refractivity contribution is -0.138. The monoisotopic (exact) mass is 306 g/mol. The number of unbranched alkanes of at least 4 members (excludes halogenated alkanes) is 1. The third-order valence-corrected chi connectivity index (χ3v) is 3.23.